The van der Waals surface area contributed by atoms with Gasteiger partial charge in [-0.3, -0.25) is 5.84 Å². The highest BCUT2D eigenvalue weighted by Gasteiger charge is 2.27. The Balaban J connectivity index is 2.27. The Bertz CT molecular complexity index is 470. The first-order valence-corrected chi connectivity index (χ1v) is 6.56. The Labute approximate surface area is 94.3 Å². The van der Waals surface area contributed by atoms with E-state index in [4.69, 9.17) is 5.84 Å². The quantitative estimate of drug-likeness (QED) is 0.517. The van der Waals surface area contributed by atoms with Gasteiger partial charge in [-0.15, -0.1) is 0 Å². The molecule has 1 saturated carbocycles. The van der Waals surface area contributed by atoms with Gasteiger partial charge in [0.25, 0.3) is 10.0 Å². The molecule has 7 heteroatoms. The van der Waals surface area contributed by atoms with E-state index in [9.17, 15) is 8.42 Å². The molecule has 0 bridgehead atoms. The van der Waals surface area contributed by atoms with Gasteiger partial charge >= 0.3 is 0 Å². The van der Waals surface area contributed by atoms with Gasteiger partial charge in [-0.1, -0.05) is 6.42 Å². The number of rotatable bonds is 4. The molecule has 6 nitrogen and oxygen atoms in total. The fourth-order valence-electron chi connectivity index (χ4n) is 1.52. The average Bonchev–Trinajstić information content (AvgIpc) is 2.24. The van der Waals surface area contributed by atoms with Crippen molar-refractivity contribution in [2.75, 3.05) is 5.43 Å². The second kappa shape index (κ2) is 4.36. The van der Waals surface area contributed by atoms with Crippen molar-refractivity contribution in [2.24, 2.45) is 5.84 Å². The summed E-state index contributed by atoms with van der Waals surface area (Å²) in [5.74, 6) is 5.24. The summed E-state index contributed by atoms with van der Waals surface area (Å²) in [6.45, 7) is 0. The lowest BCUT2D eigenvalue weighted by Crippen LogP contribution is -2.40. The summed E-state index contributed by atoms with van der Waals surface area (Å²) >= 11 is 0. The number of anilines is 1. The van der Waals surface area contributed by atoms with Gasteiger partial charge in [0.15, 0.2) is 5.03 Å². The Morgan fingerprint density at radius 2 is 2.19 bits per heavy atom. The minimum atomic E-state index is -3.57. The Hall–Kier alpha value is -1.18. The predicted molar refractivity (Wildman–Crippen MR) is 60.0 cm³/mol. The van der Waals surface area contributed by atoms with Crippen LogP contribution in [0.4, 0.5) is 5.69 Å². The molecule has 16 heavy (non-hydrogen) atoms. The molecule has 2 rings (SSSR count). The zero-order valence-corrected chi connectivity index (χ0v) is 9.50. The fraction of sp³-hybridized carbons (Fsp3) is 0.444. The number of sulfonamides is 1. The second-order valence-electron chi connectivity index (χ2n) is 3.75. The smallest absolute Gasteiger partial charge is 0.260 e. The fourth-order valence-corrected chi connectivity index (χ4v) is 2.92. The molecule has 0 unspecified atom stereocenters. The monoisotopic (exact) mass is 242 g/mol. The first kappa shape index (κ1) is 11.3. The number of nitrogens with two attached hydrogens (primary N) is 1. The summed E-state index contributed by atoms with van der Waals surface area (Å²) in [7, 11) is -3.57. The van der Waals surface area contributed by atoms with Gasteiger partial charge < -0.3 is 5.43 Å². The van der Waals surface area contributed by atoms with E-state index in [1.54, 1.807) is 12.1 Å². The molecule has 0 aromatic carbocycles. The lowest BCUT2D eigenvalue weighted by Gasteiger charge is -2.26. The van der Waals surface area contributed by atoms with E-state index >= 15 is 0 Å². The highest BCUT2D eigenvalue weighted by atomic mass is 32.2. The summed E-state index contributed by atoms with van der Waals surface area (Å²) < 4.78 is 26.5. The molecule has 1 fully saturated rings. The average molecular weight is 242 g/mol. The highest BCUT2D eigenvalue weighted by molar-refractivity contribution is 7.89. The number of nitrogens with one attached hydrogen (secondary N) is 2. The normalized spacial score (nSPS) is 16.8. The molecule has 88 valence electrons. The maximum Gasteiger partial charge on any atom is 0.260 e. The number of aromatic nitrogens is 1. The summed E-state index contributed by atoms with van der Waals surface area (Å²) in [6, 6.07) is 3.23. The summed E-state index contributed by atoms with van der Waals surface area (Å²) in [4.78, 5) is 3.84. The molecule has 0 spiro atoms. The largest absolute Gasteiger partial charge is 0.321 e. The minimum absolute atomic E-state index is 0.0395. The van der Waals surface area contributed by atoms with Crippen LogP contribution in [0.5, 0.6) is 0 Å². The van der Waals surface area contributed by atoms with Crippen molar-refractivity contribution < 1.29 is 8.42 Å². The molecule has 0 atom stereocenters. The number of hydrazine groups is 1. The zero-order chi connectivity index (χ0) is 11.6. The molecule has 0 amide bonds. The van der Waals surface area contributed by atoms with Crippen LogP contribution in [0.2, 0.25) is 0 Å². The molecule has 4 N–H and O–H groups in total. The second-order valence-corrected chi connectivity index (χ2v) is 5.38. The lowest BCUT2D eigenvalue weighted by atomic mass is 9.94. The van der Waals surface area contributed by atoms with E-state index in [-0.39, 0.29) is 11.1 Å². The van der Waals surface area contributed by atoms with Crippen LogP contribution in [0.25, 0.3) is 0 Å². The van der Waals surface area contributed by atoms with Crippen LogP contribution in [0.3, 0.4) is 0 Å². The molecular weight excluding hydrogens is 228 g/mol. The summed E-state index contributed by atoms with van der Waals surface area (Å²) in [6.07, 6.45) is 4.27. The van der Waals surface area contributed by atoms with Crippen molar-refractivity contribution in [3.8, 4) is 0 Å². The van der Waals surface area contributed by atoms with Crippen LogP contribution in [0, 0.1) is 0 Å². The van der Waals surface area contributed by atoms with Crippen LogP contribution in [0.1, 0.15) is 19.3 Å². The van der Waals surface area contributed by atoms with Gasteiger partial charge in [0.1, 0.15) is 0 Å². The Morgan fingerprint density at radius 3 is 2.75 bits per heavy atom. The van der Waals surface area contributed by atoms with Crippen molar-refractivity contribution in [2.45, 2.75) is 30.3 Å². The third-order valence-corrected chi connectivity index (χ3v) is 4.09. The van der Waals surface area contributed by atoms with E-state index in [2.05, 4.69) is 15.1 Å². The lowest BCUT2D eigenvalue weighted by molar-refractivity contribution is 0.383. The van der Waals surface area contributed by atoms with Crippen molar-refractivity contribution in [1.29, 1.82) is 0 Å². The van der Waals surface area contributed by atoms with Gasteiger partial charge in [0, 0.05) is 12.2 Å². The van der Waals surface area contributed by atoms with Gasteiger partial charge in [0.2, 0.25) is 0 Å². The van der Waals surface area contributed by atoms with Gasteiger partial charge in [-0.2, -0.15) is 0 Å². The molecule has 1 aromatic heterocycles. The summed E-state index contributed by atoms with van der Waals surface area (Å²) in [5.41, 5.74) is 2.63. The standard InChI is InChI=1S/C9H14N4O2S/c10-12-8-5-2-6-11-9(8)16(14,15)13-7-3-1-4-7/h2,5-7,12-13H,1,3-4,10H2. The van der Waals surface area contributed by atoms with Crippen molar-refractivity contribution in [3.63, 3.8) is 0 Å². The Morgan fingerprint density at radius 1 is 1.44 bits per heavy atom. The number of hydrogen-bond acceptors (Lipinski definition) is 5. The van der Waals surface area contributed by atoms with Crippen molar-refractivity contribution >= 4 is 15.7 Å². The molecule has 0 saturated heterocycles. The molecule has 1 heterocycles. The van der Waals surface area contributed by atoms with E-state index in [1.807, 2.05) is 0 Å². The summed E-state index contributed by atoms with van der Waals surface area (Å²) in [5, 5.41) is -0.0515. The maximum absolute atomic E-state index is 11.9. The number of nitrogens with zero attached hydrogens (tertiary/aromatic N) is 1. The molecule has 1 aromatic rings. The molecule has 0 radical (unpaired) electrons. The first-order valence-electron chi connectivity index (χ1n) is 5.07. The van der Waals surface area contributed by atoms with Crippen molar-refractivity contribution in [1.82, 2.24) is 9.71 Å². The van der Waals surface area contributed by atoms with Crippen LogP contribution in [0.15, 0.2) is 23.4 Å². The maximum atomic E-state index is 11.9. The Kier molecular flexibility index (Phi) is 3.08. The van der Waals surface area contributed by atoms with E-state index < -0.39 is 10.0 Å². The predicted octanol–water partition coefficient (Wildman–Crippen LogP) is 0.198. The number of nitrogen functional groups attached to an aromatic ring is 1. The van der Waals surface area contributed by atoms with Crippen LogP contribution < -0.4 is 16.0 Å². The van der Waals surface area contributed by atoms with Crippen molar-refractivity contribution in [3.05, 3.63) is 18.3 Å². The third-order valence-electron chi connectivity index (χ3n) is 2.61. The number of hydrogen-bond donors (Lipinski definition) is 3. The van der Waals surface area contributed by atoms with Gasteiger partial charge in [0.05, 0.1) is 5.69 Å². The molecule has 1 aliphatic rings. The minimum Gasteiger partial charge on any atom is -0.321 e. The highest BCUT2D eigenvalue weighted by Crippen LogP contribution is 2.22. The SMILES string of the molecule is NNc1cccnc1S(=O)(=O)NC1CCC1. The molecule has 0 aliphatic heterocycles. The third kappa shape index (κ3) is 2.16. The molecular formula is C9H14N4O2S. The van der Waals surface area contributed by atoms with E-state index in [0.29, 0.717) is 5.69 Å². The van der Waals surface area contributed by atoms with Crippen LogP contribution in [-0.2, 0) is 10.0 Å². The zero-order valence-electron chi connectivity index (χ0n) is 8.68. The first-order chi connectivity index (χ1) is 7.63. The van der Waals surface area contributed by atoms with E-state index in [0.717, 1.165) is 19.3 Å². The van der Waals surface area contributed by atoms with E-state index in [1.165, 1.54) is 6.20 Å². The topological polar surface area (TPSA) is 97.1 Å². The van der Waals surface area contributed by atoms with Crippen LogP contribution >= 0.6 is 0 Å². The van der Waals surface area contributed by atoms with Gasteiger partial charge in [-0.05, 0) is 25.0 Å². The van der Waals surface area contributed by atoms with Gasteiger partial charge in [-0.25, -0.2) is 18.1 Å². The molecule has 1 aliphatic carbocycles. The number of pyridine rings is 1. The van der Waals surface area contributed by atoms with Crippen LogP contribution in [-0.4, -0.2) is 19.4 Å².